The normalized spacial score (nSPS) is 12.5. The second kappa shape index (κ2) is 5.69. The molecule has 0 amide bonds. The van der Waals surface area contributed by atoms with Crippen molar-refractivity contribution >= 4 is 21.3 Å². The van der Waals surface area contributed by atoms with Crippen molar-refractivity contribution in [2.24, 2.45) is 0 Å². The predicted molar refractivity (Wildman–Crippen MR) is 94.1 cm³/mol. The molecule has 3 heterocycles. The molecular weight excluding hydrogens is 342 g/mol. The second-order valence-corrected chi connectivity index (χ2v) is 9.19. The molecule has 3 aromatic rings. The van der Waals surface area contributed by atoms with E-state index in [-0.39, 0.29) is 10.6 Å². The summed E-state index contributed by atoms with van der Waals surface area (Å²) in [6.45, 7) is 4.94. The van der Waals surface area contributed by atoms with E-state index in [2.05, 4.69) is 15.0 Å². The van der Waals surface area contributed by atoms with Gasteiger partial charge in [-0.15, -0.1) is 0 Å². The number of sulfone groups is 1. The van der Waals surface area contributed by atoms with Crippen LogP contribution in [0, 0.1) is 0 Å². The van der Waals surface area contributed by atoms with Crippen molar-refractivity contribution in [1.29, 1.82) is 0 Å². The lowest BCUT2D eigenvalue weighted by molar-refractivity contribution is 0.401. The zero-order chi connectivity index (χ0) is 18.4. The highest BCUT2D eigenvalue weighted by molar-refractivity contribution is 7.92. The summed E-state index contributed by atoms with van der Waals surface area (Å²) < 4.78 is 31.8. The number of hydrogen-bond acceptors (Lipinski definition) is 7. The number of pyridine rings is 1. The third-order valence-electron chi connectivity index (χ3n) is 3.82. The van der Waals surface area contributed by atoms with Crippen molar-refractivity contribution in [2.75, 3.05) is 12.8 Å². The average Bonchev–Trinajstić information content (AvgIpc) is 2.96. The van der Waals surface area contributed by atoms with Gasteiger partial charge in [0.2, 0.25) is 0 Å². The van der Waals surface area contributed by atoms with Crippen LogP contribution >= 0.6 is 0 Å². The molecule has 0 saturated heterocycles. The Morgan fingerprint density at radius 3 is 2.40 bits per heavy atom. The highest BCUT2D eigenvalue weighted by Gasteiger charge is 2.34. The lowest BCUT2D eigenvalue weighted by Gasteiger charge is -2.21. The van der Waals surface area contributed by atoms with Crippen LogP contribution in [-0.2, 0) is 9.84 Å². The molecule has 0 atom stereocenters. The number of rotatable bonds is 3. The van der Waals surface area contributed by atoms with E-state index in [1.807, 2.05) is 0 Å². The highest BCUT2D eigenvalue weighted by atomic mass is 32.2. The molecule has 9 heteroatoms. The quantitative estimate of drug-likeness (QED) is 0.758. The summed E-state index contributed by atoms with van der Waals surface area (Å²) in [6, 6.07) is 1.59. The molecule has 2 N–H and O–H groups in total. The van der Waals surface area contributed by atoms with Gasteiger partial charge in [-0.3, -0.25) is 4.40 Å². The van der Waals surface area contributed by atoms with Gasteiger partial charge in [-0.05, 0) is 20.8 Å². The number of methoxy groups -OCH3 is 1. The van der Waals surface area contributed by atoms with Crippen molar-refractivity contribution in [2.45, 2.75) is 30.4 Å². The van der Waals surface area contributed by atoms with E-state index in [1.165, 1.54) is 25.7 Å². The molecule has 0 bridgehead atoms. The van der Waals surface area contributed by atoms with E-state index in [0.29, 0.717) is 22.9 Å². The fourth-order valence-electron chi connectivity index (χ4n) is 2.34. The Balaban J connectivity index is 2.29. The maximum Gasteiger partial charge on any atom is 0.188 e. The first-order chi connectivity index (χ1) is 11.6. The number of nitrogens with two attached hydrogens (primary N) is 1. The number of hydrogen-bond donors (Lipinski definition) is 1. The third-order valence-corrected chi connectivity index (χ3v) is 6.32. The molecule has 0 saturated carbocycles. The maximum atomic E-state index is 12.9. The minimum absolute atomic E-state index is 0.0951. The van der Waals surface area contributed by atoms with Crippen LogP contribution in [0.4, 0.5) is 5.82 Å². The first kappa shape index (κ1) is 17.2. The predicted octanol–water partition coefficient (Wildman–Crippen LogP) is 1.95. The zero-order valence-electron chi connectivity index (χ0n) is 14.4. The van der Waals surface area contributed by atoms with Crippen LogP contribution in [0.1, 0.15) is 20.8 Å². The van der Waals surface area contributed by atoms with Crippen molar-refractivity contribution < 1.29 is 13.2 Å². The minimum atomic E-state index is -3.62. The molecule has 0 unspecified atom stereocenters. The average molecular weight is 361 g/mol. The Kier molecular flexibility index (Phi) is 3.91. The van der Waals surface area contributed by atoms with E-state index in [9.17, 15) is 8.42 Å². The summed E-state index contributed by atoms with van der Waals surface area (Å²) in [5.74, 6) is 0.554. The number of nitrogen functional groups attached to an aromatic ring is 1. The number of anilines is 1. The molecule has 0 aliphatic rings. The highest BCUT2D eigenvalue weighted by Crippen LogP contribution is 2.34. The first-order valence-electron chi connectivity index (χ1n) is 7.53. The SMILES string of the molecule is COc1cc2ncc(-c3cnc(N)cn3)n2cc1S(=O)(=O)C(C)(C)C. The summed E-state index contributed by atoms with van der Waals surface area (Å²) >= 11 is 0. The van der Waals surface area contributed by atoms with Gasteiger partial charge in [-0.1, -0.05) is 0 Å². The van der Waals surface area contributed by atoms with Crippen LogP contribution in [0.25, 0.3) is 17.0 Å². The maximum absolute atomic E-state index is 12.9. The van der Waals surface area contributed by atoms with Gasteiger partial charge in [0.05, 0.1) is 36.1 Å². The van der Waals surface area contributed by atoms with Gasteiger partial charge in [-0.25, -0.2) is 23.4 Å². The minimum Gasteiger partial charge on any atom is -0.495 e. The largest absolute Gasteiger partial charge is 0.495 e. The molecule has 3 aromatic heterocycles. The number of imidazole rings is 1. The molecule has 25 heavy (non-hydrogen) atoms. The summed E-state index contributed by atoms with van der Waals surface area (Å²) in [5.41, 5.74) is 7.25. The van der Waals surface area contributed by atoms with Crippen LogP contribution in [0.15, 0.2) is 35.7 Å². The van der Waals surface area contributed by atoms with Gasteiger partial charge in [0.1, 0.15) is 27.8 Å². The van der Waals surface area contributed by atoms with E-state index in [0.717, 1.165) is 0 Å². The Morgan fingerprint density at radius 2 is 1.84 bits per heavy atom. The molecule has 8 nitrogen and oxygen atoms in total. The molecular formula is C16H19N5O3S. The number of nitrogens with zero attached hydrogens (tertiary/aromatic N) is 4. The molecule has 0 aliphatic heterocycles. The molecule has 0 aliphatic carbocycles. The Bertz CT molecular complexity index is 1030. The smallest absolute Gasteiger partial charge is 0.188 e. The summed E-state index contributed by atoms with van der Waals surface area (Å²) in [6.07, 6.45) is 6.06. The van der Waals surface area contributed by atoms with E-state index >= 15 is 0 Å². The lowest BCUT2D eigenvalue weighted by atomic mass is 10.3. The monoisotopic (exact) mass is 361 g/mol. The van der Waals surface area contributed by atoms with Crippen molar-refractivity contribution in [3.63, 3.8) is 0 Å². The van der Waals surface area contributed by atoms with Crippen LogP contribution < -0.4 is 10.5 Å². The summed E-state index contributed by atoms with van der Waals surface area (Å²) in [5, 5.41) is 0. The van der Waals surface area contributed by atoms with Crippen molar-refractivity contribution in [1.82, 2.24) is 19.4 Å². The van der Waals surface area contributed by atoms with Crippen molar-refractivity contribution in [3.05, 3.63) is 30.9 Å². The van der Waals surface area contributed by atoms with Crippen LogP contribution in [-0.4, -0.2) is 39.6 Å². The first-order valence-corrected chi connectivity index (χ1v) is 9.01. The zero-order valence-corrected chi connectivity index (χ0v) is 15.2. The standard InChI is InChI=1S/C16H19N5O3S/c1-16(2,3)25(22,23)13-9-21-11(10-6-19-14(17)8-18-10)7-20-15(21)5-12(13)24-4/h5-9H,1-4H3,(H2,17,19). The molecule has 0 fully saturated rings. The van der Waals surface area contributed by atoms with E-state index in [4.69, 9.17) is 10.5 Å². The van der Waals surface area contributed by atoms with E-state index in [1.54, 1.807) is 37.4 Å². The van der Waals surface area contributed by atoms with Gasteiger partial charge < -0.3 is 10.5 Å². The van der Waals surface area contributed by atoms with Gasteiger partial charge in [-0.2, -0.15) is 0 Å². The Labute approximate surface area is 145 Å². The van der Waals surface area contributed by atoms with Crippen LogP contribution in [0.2, 0.25) is 0 Å². The number of aromatic nitrogens is 4. The molecule has 0 radical (unpaired) electrons. The second-order valence-electron chi connectivity index (χ2n) is 6.52. The van der Waals surface area contributed by atoms with Gasteiger partial charge in [0.15, 0.2) is 9.84 Å². The number of fused-ring (bicyclic) bond motifs is 1. The lowest BCUT2D eigenvalue weighted by Crippen LogP contribution is -2.28. The van der Waals surface area contributed by atoms with E-state index < -0.39 is 14.6 Å². The summed E-state index contributed by atoms with van der Waals surface area (Å²) in [7, 11) is -2.19. The molecule has 0 aromatic carbocycles. The molecule has 3 rings (SSSR count). The number of ether oxygens (including phenoxy) is 1. The molecule has 132 valence electrons. The van der Waals surface area contributed by atoms with Gasteiger partial charge in [0, 0.05) is 12.3 Å². The topological polar surface area (TPSA) is 112 Å². The Hall–Kier alpha value is -2.68. The van der Waals surface area contributed by atoms with Crippen molar-refractivity contribution in [3.8, 4) is 17.1 Å². The summed E-state index contributed by atoms with van der Waals surface area (Å²) in [4.78, 5) is 12.6. The van der Waals surface area contributed by atoms with Gasteiger partial charge in [0.25, 0.3) is 0 Å². The van der Waals surface area contributed by atoms with Crippen LogP contribution in [0.3, 0.4) is 0 Å². The van der Waals surface area contributed by atoms with Crippen LogP contribution in [0.5, 0.6) is 5.75 Å². The fourth-order valence-corrected chi connectivity index (χ4v) is 3.65. The van der Waals surface area contributed by atoms with Gasteiger partial charge >= 0.3 is 0 Å². The Morgan fingerprint density at radius 1 is 1.12 bits per heavy atom. The third kappa shape index (κ3) is 2.80. The fraction of sp³-hybridized carbons (Fsp3) is 0.312. The molecule has 0 spiro atoms.